The molecule has 0 saturated heterocycles. The van der Waals surface area contributed by atoms with Gasteiger partial charge in [-0.25, -0.2) is 15.8 Å². The first-order valence-electron chi connectivity index (χ1n) is 6.80. The average molecular weight is 287 g/mol. The fourth-order valence-corrected chi connectivity index (χ4v) is 1.90. The summed E-state index contributed by atoms with van der Waals surface area (Å²) in [5.41, 5.74) is 4.61. The molecule has 6 nitrogen and oxygen atoms in total. The number of nitrogens with one attached hydrogen (secondary N) is 2. The van der Waals surface area contributed by atoms with Crippen LogP contribution in [0.3, 0.4) is 0 Å². The molecule has 0 fully saturated rings. The summed E-state index contributed by atoms with van der Waals surface area (Å²) in [6, 6.07) is 7.60. The van der Waals surface area contributed by atoms with Crippen LogP contribution in [0.1, 0.15) is 31.2 Å². The predicted octanol–water partition coefficient (Wildman–Crippen LogP) is 2.95. The summed E-state index contributed by atoms with van der Waals surface area (Å²) in [5.74, 6) is 8.53. The first kappa shape index (κ1) is 15.1. The molecule has 2 aromatic rings. The number of aryl methyl sites for hydroxylation is 1. The van der Waals surface area contributed by atoms with Crippen molar-refractivity contribution < 1.29 is 4.74 Å². The Morgan fingerprint density at radius 2 is 1.86 bits per heavy atom. The number of nitrogen functional groups attached to an aromatic ring is 1. The molecule has 4 N–H and O–H groups in total. The van der Waals surface area contributed by atoms with Crippen LogP contribution in [-0.4, -0.2) is 17.1 Å². The average Bonchev–Trinajstić information content (AvgIpc) is 2.48. The van der Waals surface area contributed by atoms with Gasteiger partial charge in [-0.1, -0.05) is 13.8 Å². The number of ether oxygens (including phenoxy) is 1. The van der Waals surface area contributed by atoms with E-state index in [1.54, 1.807) is 13.2 Å². The highest BCUT2D eigenvalue weighted by Gasteiger charge is 2.09. The van der Waals surface area contributed by atoms with Gasteiger partial charge in [0.05, 0.1) is 7.11 Å². The van der Waals surface area contributed by atoms with E-state index in [4.69, 9.17) is 10.6 Å². The fourth-order valence-electron chi connectivity index (χ4n) is 1.90. The molecular formula is C15H21N5O. The SMILES string of the molecule is COc1ccc(Nc2cc(NN)nc(C(C)C)n2)c(C)c1. The second-order valence-corrected chi connectivity index (χ2v) is 5.10. The monoisotopic (exact) mass is 287 g/mol. The summed E-state index contributed by atoms with van der Waals surface area (Å²) < 4.78 is 5.21. The van der Waals surface area contributed by atoms with Crippen molar-refractivity contribution in [2.75, 3.05) is 17.9 Å². The summed E-state index contributed by atoms with van der Waals surface area (Å²) in [4.78, 5) is 8.85. The van der Waals surface area contributed by atoms with Gasteiger partial charge < -0.3 is 15.5 Å². The number of hydrogen-bond acceptors (Lipinski definition) is 6. The third-order valence-electron chi connectivity index (χ3n) is 3.10. The van der Waals surface area contributed by atoms with Crippen LogP contribution in [0.25, 0.3) is 0 Å². The summed E-state index contributed by atoms with van der Waals surface area (Å²) in [6.07, 6.45) is 0. The Bertz CT molecular complexity index is 627. The highest BCUT2D eigenvalue weighted by Crippen LogP contribution is 2.25. The standard InChI is InChI=1S/C15H21N5O/c1-9(2)15-18-13(8-14(19-15)20-16)17-12-6-5-11(21-4)7-10(12)3/h5-9H,16H2,1-4H3,(H2,17,18,19,20). The highest BCUT2D eigenvalue weighted by molar-refractivity contribution is 5.63. The molecule has 0 aliphatic rings. The molecule has 2 rings (SSSR count). The van der Waals surface area contributed by atoms with Gasteiger partial charge in [-0.2, -0.15) is 0 Å². The smallest absolute Gasteiger partial charge is 0.145 e. The molecule has 0 bridgehead atoms. The van der Waals surface area contributed by atoms with Crippen LogP contribution < -0.4 is 21.3 Å². The zero-order valence-corrected chi connectivity index (χ0v) is 12.8. The Morgan fingerprint density at radius 3 is 2.43 bits per heavy atom. The van der Waals surface area contributed by atoms with Crippen molar-refractivity contribution in [2.24, 2.45) is 5.84 Å². The molecule has 0 unspecified atom stereocenters. The van der Waals surface area contributed by atoms with Crippen LogP contribution in [-0.2, 0) is 0 Å². The molecule has 0 amide bonds. The number of nitrogens with zero attached hydrogens (tertiary/aromatic N) is 2. The van der Waals surface area contributed by atoms with Crippen molar-refractivity contribution in [1.29, 1.82) is 0 Å². The molecular weight excluding hydrogens is 266 g/mol. The minimum Gasteiger partial charge on any atom is -0.497 e. The molecule has 0 atom stereocenters. The molecule has 0 aliphatic heterocycles. The third kappa shape index (κ3) is 3.61. The van der Waals surface area contributed by atoms with Gasteiger partial charge in [-0.05, 0) is 30.7 Å². The number of hydrazine groups is 1. The molecule has 1 heterocycles. The normalized spacial score (nSPS) is 10.6. The highest BCUT2D eigenvalue weighted by atomic mass is 16.5. The van der Waals surface area contributed by atoms with Gasteiger partial charge in [0.25, 0.3) is 0 Å². The Morgan fingerprint density at radius 1 is 1.14 bits per heavy atom. The minimum absolute atomic E-state index is 0.218. The molecule has 0 radical (unpaired) electrons. The quantitative estimate of drug-likeness (QED) is 0.579. The lowest BCUT2D eigenvalue weighted by Crippen LogP contribution is -2.12. The van der Waals surface area contributed by atoms with E-state index in [-0.39, 0.29) is 5.92 Å². The largest absolute Gasteiger partial charge is 0.497 e. The second kappa shape index (κ2) is 6.41. The third-order valence-corrected chi connectivity index (χ3v) is 3.10. The number of methoxy groups -OCH3 is 1. The van der Waals surface area contributed by atoms with Crippen LogP contribution >= 0.6 is 0 Å². The Hall–Kier alpha value is -2.34. The van der Waals surface area contributed by atoms with Gasteiger partial charge >= 0.3 is 0 Å². The van der Waals surface area contributed by atoms with Crippen LogP contribution in [0.15, 0.2) is 24.3 Å². The topological polar surface area (TPSA) is 85.1 Å². The van der Waals surface area contributed by atoms with Crippen LogP contribution in [0.4, 0.5) is 17.3 Å². The Labute approximate surface area is 124 Å². The summed E-state index contributed by atoms with van der Waals surface area (Å²) in [5, 5.41) is 3.29. The number of nitrogens with two attached hydrogens (primary N) is 1. The summed E-state index contributed by atoms with van der Waals surface area (Å²) in [7, 11) is 1.65. The van der Waals surface area contributed by atoms with Gasteiger partial charge in [-0.3, -0.25) is 0 Å². The van der Waals surface area contributed by atoms with E-state index in [1.165, 1.54) is 0 Å². The zero-order chi connectivity index (χ0) is 15.4. The van der Waals surface area contributed by atoms with E-state index in [1.807, 2.05) is 39.0 Å². The van der Waals surface area contributed by atoms with E-state index in [0.717, 1.165) is 22.8 Å². The van der Waals surface area contributed by atoms with Crippen LogP contribution in [0, 0.1) is 6.92 Å². The maximum absolute atomic E-state index is 5.46. The number of benzene rings is 1. The lowest BCUT2D eigenvalue weighted by molar-refractivity contribution is 0.414. The predicted molar refractivity (Wildman–Crippen MR) is 84.9 cm³/mol. The first-order chi connectivity index (χ1) is 10.0. The number of hydrogen-bond donors (Lipinski definition) is 3. The van der Waals surface area contributed by atoms with Crippen molar-refractivity contribution in [3.8, 4) is 5.75 Å². The second-order valence-electron chi connectivity index (χ2n) is 5.10. The Balaban J connectivity index is 2.32. The molecule has 6 heteroatoms. The van der Waals surface area contributed by atoms with E-state index in [9.17, 15) is 0 Å². The maximum Gasteiger partial charge on any atom is 0.145 e. The molecule has 112 valence electrons. The van der Waals surface area contributed by atoms with Gasteiger partial charge in [0.1, 0.15) is 23.2 Å². The fraction of sp³-hybridized carbons (Fsp3) is 0.333. The van der Waals surface area contributed by atoms with Crippen molar-refractivity contribution in [3.05, 3.63) is 35.7 Å². The van der Waals surface area contributed by atoms with Crippen LogP contribution in [0.2, 0.25) is 0 Å². The zero-order valence-electron chi connectivity index (χ0n) is 12.8. The van der Waals surface area contributed by atoms with E-state index >= 15 is 0 Å². The van der Waals surface area contributed by atoms with Gasteiger partial charge in [0.15, 0.2) is 0 Å². The van der Waals surface area contributed by atoms with Crippen LogP contribution in [0.5, 0.6) is 5.75 Å². The molecule has 0 aliphatic carbocycles. The summed E-state index contributed by atoms with van der Waals surface area (Å²) in [6.45, 7) is 6.09. The Kier molecular flexibility index (Phi) is 4.59. The van der Waals surface area contributed by atoms with Crippen molar-refractivity contribution in [3.63, 3.8) is 0 Å². The van der Waals surface area contributed by atoms with E-state index in [0.29, 0.717) is 11.6 Å². The van der Waals surface area contributed by atoms with E-state index < -0.39 is 0 Å². The number of rotatable bonds is 5. The van der Waals surface area contributed by atoms with Gasteiger partial charge in [-0.15, -0.1) is 0 Å². The molecule has 0 saturated carbocycles. The lowest BCUT2D eigenvalue weighted by atomic mass is 10.2. The molecule has 0 spiro atoms. The number of anilines is 3. The molecule has 21 heavy (non-hydrogen) atoms. The lowest BCUT2D eigenvalue weighted by Gasteiger charge is -2.13. The van der Waals surface area contributed by atoms with Crippen molar-refractivity contribution in [2.45, 2.75) is 26.7 Å². The maximum atomic E-state index is 5.46. The van der Waals surface area contributed by atoms with Gasteiger partial charge in [0.2, 0.25) is 0 Å². The molecule has 1 aromatic carbocycles. The van der Waals surface area contributed by atoms with Gasteiger partial charge in [0, 0.05) is 17.7 Å². The van der Waals surface area contributed by atoms with Crippen molar-refractivity contribution in [1.82, 2.24) is 9.97 Å². The minimum atomic E-state index is 0.218. The van der Waals surface area contributed by atoms with Crippen molar-refractivity contribution >= 4 is 17.3 Å². The number of aromatic nitrogens is 2. The first-order valence-corrected chi connectivity index (χ1v) is 6.80. The summed E-state index contributed by atoms with van der Waals surface area (Å²) >= 11 is 0. The van der Waals surface area contributed by atoms with E-state index in [2.05, 4.69) is 20.7 Å². The molecule has 1 aromatic heterocycles.